The second kappa shape index (κ2) is 9.01. The van der Waals surface area contributed by atoms with Gasteiger partial charge in [-0.1, -0.05) is 12.1 Å². The predicted octanol–water partition coefficient (Wildman–Crippen LogP) is 5.45. The SMILES string of the molecule is Cc1nc(N[C@H](C)c2cccc(C(F)(F)F)c2F)c2cc3c(cc2n1)OCCOC[C@H](C)O3. The first kappa shape index (κ1) is 23.0. The van der Waals surface area contributed by atoms with Crippen LogP contribution in [0.3, 0.4) is 0 Å². The Labute approximate surface area is 187 Å². The third-order valence-corrected chi connectivity index (χ3v) is 5.19. The smallest absolute Gasteiger partial charge is 0.419 e. The summed E-state index contributed by atoms with van der Waals surface area (Å²) in [6.07, 6.45) is -5.02. The van der Waals surface area contributed by atoms with Gasteiger partial charge in [0.15, 0.2) is 11.5 Å². The molecule has 1 aliphatic heterocycles. The topological polar surface area (TPSA) is 65.5 Å². The molecule has 0 unspecified atom stereocenters. The summed E-state index contributed by atoms with van der Waals surface area (Å²) in [5.74, 6) is 0.432. The molecule has 0 spiro atoms. The van der Waals surface area contributed by atoms with Gasteiger partial charge >= 0.3 is 6.18 Å². The fourth-order valence-electron chi connectivity index (χ4n) is 3.66. The molecule has 0 saturated heterocycles. The average molecular weight is 465 g/mol. The van der Waals surface area contributed by atoms with Crippen molar-refractivity contribution in [3.63, 3.8) is 0 Å². The van der Waals surface area contributed by atoms with E-state index in [4.69, 9.17) is 14.2 Å². The molecule has 2 atom stereocenters. The number of nitrogens with one attached hydrogen (secondary N) is 1. The maximum absolute atomic E-state index is 14.7. The van der Waals surface area contributed by atoms with E-state index in [1.165, 1.54) is 12.1 Å². The third kappa shape index (κ3) is 4.95. The number of aromatic nitrogens is 2. The van der Waals surface area contributed by atoms with E-state index in [0.29, 0.717) is 53.9 Å². The molecule has 33 heavy (non-hydrogen) atoms. The van der Waals surface area contributed by atoms with E-state index in [2.05, 4.69) is 15.3 Å². The molecule has 10 heteroatoms. The van der Waals surface area contributed by atoms with Gasteiger partial charge in [0.1, 0.15) is 30.2 Å². The largest absolute Gasteiger partial charge is 0.487 e. The second-order valence-electron chi connectivity index (χ2n) is 7.86. The molecule has 0 bridgehead atoms. The first-order valence-corrected chi connectivity index (χ1v) is 10.4. The number of ether oxygens (including phenoxy) is 3. The highest BCUT2D eigenvalue weighted by Gasteiger charge is 2.35. The number of benzene rings is 2. The monoisotopic (exact) mass is 465 g/mol. The van der Waals surface area contributed by atoms with Crippen LogP contribution in [0, 0.1) is 12.7 Å². The molecule has 2 aromatic carbocycles. The van der Waals surface area contributed by atoms with E-state index < -0.39 is 23.6 Å². The minimum absolute atomic E-state index is 0.123. The van der Waals surface area contributed by atoms with Crippen molar-refractivity contribution in [2.45, 2.75) is 39.1 Å². The highest BCUT2D eigenvalue weighted by atomic mass is 19.4. The molecule has 2 heterocycles. The lowest BCUT2D eigenvalue weighted by atomic mass is 10.0. The molecule has 1 aromatic heterocycles. The quantitative estimate of drug-likeness (QED) is 0.520. The van der Waals surface area contributed by atoms with Crippen LogP contribution in [0.5, 0.6) is 11.5 Å². The summed E-state index contributed by atoms with van der Waals surface area (Å²) in [5, 5.41) is 3.60. The fourth-order valence-corrected chi connectivity index (χ4v) is 3.66. The second-order valence-corrected chi connectivity index (χ2v) is 7.86. The lowest BCUT2D eigenvalue weighted by molar-refractivity contribution is -0.140. The number of halogens is 4. The maximum atomic E-state index is 14.7. The summed E-state index contributed by atoms with van der Waals surface area (Å²) in [5.41, 5.74) is -0.879. The zero-order valence-electron chi connectivity index (χ0n) is 18.3. The van der Waals surface area contributed by atoms with Gasteiger partial charge in [-0.05, 0) is 32.9 Å². The first-order chi connectivity index (χ1) is 15.6. The molecule has 0 aliphatic carbocycles. The van der Waals surface area contributed by atoms with Crippen molar-refractivity contribution in [3.8, 4) is 11.5 Å². The summed E-state index contributed by atoms with van der Waals surface area (Å²) in [4.78, 5) is 8.85. The lowest BCUT2D eigenvalue weighted by Gasteiger charge is -2.20. The van der Waals surface area contributed by atoms with Crippen molar-refractivity contribution in [2.75, 3.05) is 25.1 Å². The molecule has 0 fully saturated rings. The van der Waals surface area contributed by atoms with E-state index in [9.17, 15) is 17.6 Å². The number of rotatable bonds is 3. The van der Waals surface area contributed by atoms with E-state index in [0.717, 1.165) is 6.07 Å². The Balaban J connectivity index is 1.74. The minimum atomic E-state index is -4.79. The van der Waals surface area contributed by atoms with E-state index in [1.807, 2.05) is 6.92 Å². The molecule has 3 aromatic rings. The third-order valence-electron chi connectivity index (χ3n) is 5.19. The number of fused-ring (bicyclic) bond motifs is 2. The van der Waals surface area contributed by atoms with Crippen LogP contribution in [0.4, 0.5) is 23.4 Å². The van der Waals surface area contributed by atoms with Gasteiger partial charge in [-0.15, -0.1) is 0 Å². The van der Waals surface area contributed by atoms with Gasteiger partial charge in [0, 0.05) is 17.0 Å². The van der Waals surface area contributed by atoms with Crippen LogP contribution in [0.2, 0.25) is 0 Å². The number of anilines is 1. The molecule has 176 valence electrons. The van der Waals surface area contributed by atoms with E-state index >= 15 is 0 Å². The highest BCUT2D eigenvalue weighted by Crippen LogP contribution is 2.38. The van der Waals surface area contributed by atoms with Gasteiger partial charge < -0.3 is 19.5 Å². The fraction of sp³-hybridized carbons (Fsp3) is 0.391. The highest BCUT2D eigenvalue weighted by molar-refractivity contribution is 5.92. The molecular weight excluding hydrogens is 442 g/mol. The number of alkyl halides is 3. The van der Waals surface area contributed by atoms with Crippen LogP contribution >= 0.6 is 0 Å². The Kier molecular flexibility index (Phi) is 6.29. The standard InChI is InChI=1S/C23H23F4N3O3/c1-12-11-31-7-8-32-19-10-18-16(9-20(19)33-12)22(30-14(3)29-18)28-13(2)15-5-4-6-17(21(15)24)23(25,26)27/h4-6,9-10,12-13H,7-8,11H2,1-3H3,(H,28,29,30)/t12-,13+/m0/s1. The van der Waals surface area contributed by atoms with Gasteiger partial charge in [0.25, 0.3) is 0 Å². The lowest BCUT2D eigenvalue weighted by Crippen LogP contribution is -2.19. The van der Waals surface area contributed by atoms with Crippen molar-refractivity contribution in [3.05, 3.63) is 53.1 Å². The normalized spacial score (nSPS) is 17.7. The molecule has 1 N–H and O–H groups in total. The summed E-state index contributed by atoms with van der Waals surface area (Å²) in [6, 6.07) is 5.85. The molecule has 1 aliphatic rings. The number of hydrogen-bond acceptors (Lipinski definition) is 6. The van der Waals surface area contributed by atoms with Gasteiger partial charge in [-0.25, -0.2) is 14.4 Å². The summed E-state index contributed by atoms with van der Waals surface area (Å²) >= 11 is 0. The zero-order chi connectivity index (χ0) is 23.8. The molecule has 6 nitrogen and oxygen atoms in total. The Bertz CT molecular complexity index is 1170. The Morgan fingerprint density at radius 2 is 1.91 bits per heavy atom. The predicted molar refractivity (Wildman–Crippen MR) is 114 cm³/mol. The van der Waals surface area contributed by atoms with E-state index in [1.54, 1.807) is 26.0 Å². The van der Waals surface area contributed by atoms with Crippen molar-refractivity contribution in [1.82, 2.24) is 9.97 Å². The Morgan fingerprint density at radius 1 is 1.12 bits per heavy atom. The molecule has 0 radical (unpaired) electrons. The summed E-state index contributed by atoms with van der Waals surface area (Å²) < 4.78 is 71.3. The molecule has 0 amide bonds. The molecule has 4 rings (SSSR count). The number of hydrogen-bond donors (Lipinski definition) is 1. The van der Waals surface area contributed by atoms with Crippen molar-refractivity contribution >= 4 is 16.7 Å². The van der Waals surface area contributed by atoms with Crippen molar-refractivity contribution < 1.29 is 31.8 Å². The summed E-state index contributed by atoms with van der Waals surface area (Å²) in [7, 11) is 0. The van der Waals surface area contributed by atoms with Crippen LogP contribution in [-0.4, -0.2) is 35.9 Å². The van der Waals surface area contributed by atoms with Crippen LogP contribution in [-0.2, 0) is 10.9 Å². The maximum Gasteiger partial charge on any atom is 0.419 e. The average Bonchev–Trinajstić information content (AvgIpc) is 2.81. The summed E-state index contributed by atoms with van der Waals surface area (Å²) in [6.45, 7) is 6.27. The van der Waals surface area contributed by atoms with Gasteiger partial charge in [0.05, 0.1) is 30.3 Å². The minimum Gasteiger partial charge on any atom is -0.487 e. The van der Waals surface area contributed by atoms with Crippen LogP contribution in [0.1, 0.15) is 36.8 Å². The van der Waals surface area contributed by atoms with Crippen molar-refractivity contribution in [2.24, 2.45) is 0 Å². The molecule has 0 saturated carbocycles. The Morgan fingerprint density at radius 3 is 2.67 bits per heavy atom. The molecular formula is C23H23F4N3O3. The van der Waals surface area contributed by atoms with Crippen LogP contribution in [0.25, 0.3) is 10.9 Å². The number of nitrogens with zero attached hydrogens (tertiary/aromatic N) is 2. The van der Waals surface area contributed by atoms with Crippen LogP contribution < -0.4 is 14.8 Å². The number of aryl methyl sites for hydroxylation is 1. The zero-order valence-corrected chi connectivity index (χ0v) is 18.3. The van der Waals surface area contributed by atoms with Crippen molar-refractivity contribution in [1.29, 1.82) is 0 Å². The van der Waals surface area contributed by atoms with E-state index in [-0.39, 0.29) is 11.7 Å². The van der Waals surface area contributed by atoms with Gasteiger partial charge in [-0.3, -0.25) is 0 Å². The van der Waals surface area contributed by atoms with Crippen LogP contribution in [0.15, 0.2) is 30.3 Å². The Hall–Kier alpha value is -3.14. The van der Waals surface area contributed by atoms with Gasteiger partial charge in [-0.2, -0.15) is 13.2 Å². The first-order valence-electron chi connectivity index (χ1n) is 10.4. The van der Waals surface area contributed by atoms with Gasteiger partial charge in [0.2, 0.25) is 0 Å².